The summed E-state index contributed by atoms with van der Waals surface area (Å²) in [5.74, 6) is -1.23. The summed E-state index contributed by atoms with van der Waals surface area (Å²) in [5.41, 5.74) is 0.214. The van der Waals surface area contributed by atoms with Crippen molar-refractivity contribution in [3.63, 3.8) is 0 Å². The predicted octanol–water partition coefficient (Wildman–Crippen LogP) is 2.19. The van der Waals surface area contributed by atoms with Gasteiger partial charge in [-0.25, -0.2) is 4.98 Å². The quantitative estimate of drug-likeness (QED) is 0.827. The van der Waals surface area contributed by atoms with Gasteiger partial charge in [0.2, 0.25) is 5.91 Å². The Kier molecular flexibility index (Phi) is 3.01. The van der Waals surface area contributed by atoms with Crippen LogP contribution in [0, 0.1) is 12.3 Å². The van der Waals surface area contributed by atoms with Gasteiger partial charge in [-0.05, 0) is 26.0 Å². The molecule has 0 aliphatic heterocycles. The minimum absolute atomic E-state index is 0.475. The molecular formula is C13H14N2O4. The van der Waals surface area contributed by atoms with Crippen molar-refractivity contribution in [1.82, 2.24) is 4.98 Å². The maximum atomic E-state index is 11.9. The highest BCUT2D eigenvalue weighted by molar-refractivity contribution is 6.07. The number of aliphatic carboxylic acids is 1. The first-order chi connectivity index (χ1) is 8.80. The van der Waals surface area contributed by atoms with Gasteiger partial charge in [-0.1, -0.05) is 0 Å². The van der Waals surface area contributed by atoms with Crippen LogP contribution in [0.3, 0.4) is 0 Å². The third-order valence-corrected chi connectivity index (χ3v) is 2.86. The van der Waals surface area contributed by atoms with E-state index in [0.29, 0.717) is 22.7 Å². The first kappa shape index (κ1) is 13.1. The third-order valence-electron chi connectivity index (χ3n) is 2.86. The van der Waals surface area contributed by atoms with Crippen molar-refractivity contribution < 1.29 is 19.1 Å². The van der Waals surface area contributed by atoms with Gasteiger partial charge in [0.05, 0.1) is 0 Å². The summed E-state index contributed by atoms with van der Waals surface area (Å²) in [6, 6.07) is 4.97. The number of amides is 1. The van der Waals surface area contributed by atoms with Gasteiger partial charge in [-0.3, -0.25) is 9.59 Å². The van der Waals surface area contributed by atoms with Crippen molar-refractivity contribution in [2.75, 3.05) is 5.32 Å². The minimum atomic E-state index is -1.49. The normalized spacial score (nSPS) is 11.5. The molecule has 0 unspecified atom stereocenters. The molecule has 2 aromatic rings. The summed E-state index contributed by atoms with van der Waals surface area (Å²) < 4.78 is 5.34. The molecule has 100 valence electrons. The van der Waals surface area contributed by atoms with Crippen molar-refractivity contribution in [3.8, 4) is 0 Å². The Labute approximate surface area is 109 Å². The second-order valence-electron chi connectivity index (χ2n) is 4.80. The Hall–Kier alpha value is -2.37. The molecule has 19 heavy (non-hydrogen) atoms. The lowest BCUT2D eigenvalue weighted by molar-refractivity contribution is -0.151. The second kappa shape index (κ2) is 4.38. The van der Waals surface area contributed by atoms with E-state index < -0.39 is 17.3 Å². The zero-order valence-electron chi connectivity index (χ0n) is 10.9. The molecule has 1 aromatic carbocycles. The number of aromatic nitrogens is 1. The van der Waals surface area contributed by atoms with E-state index >= 15 is 0 Å². The first-order valence-electron chi connectivity index (χ1n) is 5.73. The smallest absolute Gasteiger partial charge is 0.318 e. The van der Waals surface area contributed by atoms with E-state index in [0.717, 1.165) is 0 Å². The van der Waals surface area contributed by atoms with E-state index in [1.54, 1.807) is 25.1 Å². The van der Waals surface area contributed by atoms with E-state index in [1.807, 2.05) is 0 Å². The minimum Gasteiger partial charge on any atom is -0.480 e. The van der Waals surface area contributed by atoms with Crippen LogP contribution in [0.25, 0.3) is 11.1 Å². The Morgan fingerprint density at radius 2 is 2.05 bits per heavy atom. The van der Waals surface area contributed by atoms with E-state index in [4.69, 9.17) is 9.52 Å². The summed E-state index contributed by atoms with van der Waals surface area (Å²) in [4.78, 5) is 27.0. The SMILES string of the molecule is Cc1nc2ccc(NC(=O)C(C)(C)C(=O)O)cc2o1. The Balaban J connectivity index is 2.26. The van der Waals surface area contributed by atoms with Crippen molar-refractivity contribution >= 4 is 28.7 Å². The molecule has 2 N–H and O–H groups in total. The van der Waals surface area contributed by atoms with Gasteiger partial charge in [0.25, 0.3) is 0 Å². The first-order valence-corrected chi connectivity index (χ1v) is 5.73. The zero-order chi connectivity index (χ0) is 14.2. The Morgan fingerprint density at radius 1 is 1.37 bits per heavy atom. The standard InChI is InChI=1S/C13H14N2O4/c1-7-14-9-5-4-8(6-10(9)19-7)15-11(16)13(2,3)12(17)18/h4-6H,1-3H3,(H,15,16)(H,17,18). The van der Waals surface area contributed by atoms with Crippen LogP contribution in [0.1, 0.15) is 19.7 Å². The topological polar surface area (TPSA) is 92.4 Å². The number of fused-ring (bicyclic) bond motifs is 1. The molecular weight excluding hydrogens is 248 g/mol. The van der Waals surface area contributed by atoms with Crippen molar-refractivity contribution in [2.24, 2.45) is 5.41 Å². The monoisotopic (exact) mass is 262 g/mol. The number of rotatable bonds is 3. The fourth-order valence-corrected chi connectivity index (χ4v) is 1.50. The molecule has 6 heteroatoms. The predicted molar refractivity (Wildman–Crippen MR) is 68.8 cm³/mol. The highest BCUT2D eigenvalue weighted by atomic mass is 16.4. The third kappa shape index (κ3) is 2.42. The average Bonchev–Trinajstić information content (AvgIpc) is 2.68. The number of hydrogen-bond acceptors (Lipinski definition) is 4. The summed E-state index contributed by atoms with van der Waals surface area (Å²) >= 11 is 0. The fraction of sp³-hybridized carbons (Fsp3) is 0.308. The number of carbonyl (C=O) groups is 2. The van der Waals surface area contributed by atoms with Crippen LogP contribution in [0.2, 0.25) is 0 Å². The van der Waals surface area contributed by atoms with Gasteiger partial charge in [0.15, 0.2) is 11.5 Å². The molecule has 0 atom stereocenters. The summed E-state index contributed by atoms with van der Waals surface area (Å²) in [6.45, 7) is 4.43. The van der Waals surface area contributed by atoms with Crippen LogP contribution < -0.4 is 5.32 Å². The van der Waals surface area contributed by atoms with Crippen molar-refractivity contribution in [2.45, 2.75) is 20.8 Å². The van der Waals surface area contributed by atoms with Crippen LogP contribution in [0.15, 0.2) is 22.6 Å². The van der Waals surface area contributed by atoms with Crippen molar-refractivity contribution in [1.29, 1.82) is 0 Å². The van der Waals surface area contributed by atoms with Gasteiger partial charge < -0.3 is 14.8 Å². The fourth-order valence-electron chi connectivity index (χ4n) is 1.50. The van der Waals surface area contributed by atoms with E-state index in [-0.39, 0.29) is 0 Å². The molecule has 1 aromatic heterocycles. The number of aryl methyl sites for hydroxylation is 1. The summed E-state index contributed by atoms with van der Waals surface area (Å²) in [6.07, 6.45) is 0. The molecule has 0 aliphatic carbocycles. The Morgan fingerprint density at radius 3 is 2.68 bits per heavy atom. The van der Waals surface area contributed by atoms with Crippen LogP contribution in [-0.4, -0.2) is 22.0 Å². The van der Waals surface area contributed by atoms with Crippen LogP contribution in [0.5, 0.6) is 0 Å². The highest BCUT2D eigenvalue weighted by Crippen LogP contribution is 2.23. The zero-order valence-corrected chi connectivity index (χ0v) is 10.9. The van der Waals surface area contributed by atoms with Gasteiger partial charge in [-0.2, -0.15) is 0 Å². The molecule has 0 fully saturated rings. The molecule has 0 bridgehead atoms. The molecule has 6 nitrogen and oxygen atoms in total. The highest BCUT2D eigenvalue weighted by Gasteiger charge is 2.36. The molecule has 0 radical (unpaired) electrons. The lowest BCUT2D eigenvalue weighted by Gasteiger charge is -2.18. The largest absolute Gasteiger partial charge is 0.480 e. The molecule has 1 amide bonds. The molecule has 2 rings (SSSR count). The van der Waals surface area contributed by atoms with E-state index in [1.165, 1.54) is 13.8 Å². The lowest BCUT2D eigenvalue weighted by Crippen LogP contribution is -2.37. The van der Waals surface area contributed by atoms with Gasteiger partial charge >= 0.3 is 5.97 Å². The number of hydrogen-bond donors (Lipinski definition) is 2. The number of nitrogens with one attached hydrogen (secondary N) is 1. The lowest BCUT2D eigenvalue weighted by atomic mass is 9.92. The molecule has 0 spiro atoms. The number of oxazole rings is 1. The van der Waals surface area contributed by atoms with Crippen LogP contribution in [-0.2, 0) is 9.59 Å². The molecule has 0 aliphatic rings. The van der Waals surface area contributed by atoms with Gasteiger partial charge in [0, 0.05) is 18.7 Å². The van der Waals surface area contributed by atoms with Crippen LogP contribution in [0.4, 0.5) is 5.69 Å². The number of benzene rings is 1. The average molecular weight is 262 g/mol. The number of nitrogens with zero attached hydrogens (tertiary/aromatic N) is 1. The number of carboxylic acid groups (broad SMARTS) is 1. The second-order valence-corrected chi connectivity index (χ2v) is 4.80. The Bertz CT molecular complexity index is 658. The maximum absolute atomic E-state index is 11.9. The van der Waals surface area contributed by atoms with E-state index in [9.17, 15) is 9.59 Å². The molecule has 0 saturated heterocycles. The van der Waals surface area contributed by atoms with Crippen LogP contribution >= 0.6 is 0 Å². The number of carboxylic acids is 1. The number of anilines is 1. The van der Waals surface area contributed by atoms with Gasteiger partial charge in [0.1, 0.15) is 10.9 Å². The number of carbonyl (C=O) groups excluding carboxylic acids is 1. The maximum Gasteiger partial charge on any atom is 0.318 e. The van der Waals surface area contributed by atoms with Gasteiger partial charge in [-0.15, -0.1) is 0 Å². The summed E-state index contributed by atoms with van der Waals surface area (Å²) in [7, 11) is 0. The summed E-state index contributed by atoms with van der Waals surface area (Å²) in [5, 5.41) is 11.5. The van der Waals surface area contributed by atoms with Crippen molar-refractivity contribution in [3.05, 3.63) is 24.1 Å². The van der Waals surface area contributed by atoms with E-state index in [2.05, 4.69) is 10.3 Å². The molecule has 0 saturated carbocycles. The molecule has 1 heterocycles.